The van der Waals surface area contributed by atoms with Crippen molar-refractivity contribution in [2.45, 2.75) is 38.7 Å². The van der Waals surface area contributed by atoms with Gasteiger partial charge < -0.3 is 4.74 Å². The molecule has 0 radical (unpaired) electrons. The molecule has 0 N–H and O–H groups in total. The van der Waals surface area contributed by atoms with Gasteiger partial charge in [-0.3, -0.25) is 4.79 Å². The quantitative estimate of drug-likeness (QED) is 0.533. The smallest absolute Gasteiger partial charge is 0.309 e. The number of esters is 1. The lowest BCUT2D eigenvalue weighted by molar-refractivity contribution is -0.152. The Morgan fingerprint density at radius 3 is 2.92 bits per heavy atom. The van der Waals surface area contributed by atoms with Crippen molar-refractivity contribution in [3.63, 3.8) is 0 Å². The summed E-state index contributed by atoms with van der Waals surface area (Å²) in [7, 11) is 0. The first-order valence-electron chi connectivity index (χ1n) is 5.44. The van der Waals surface area contributed by atoms with E-state index in [-0.39, 0.29) is 18.0 Å². The second-order valence-corrected chi connectivity index (χ2v) is 5.10. The maximum absolute atomic E-state index is 11.6. The van der Waals surface area contributed by atoms with Crippen LogP contribution in [0.25, 0.3) is 0 Å². The molecule has 72 valence electrons. The van der Waals surface area contributed by atoms with Gasteiger partial charge in [0.2, 0.25) is 0 Å². The van der Waals surface area contributed by atoms with Gasteiger partial charge in [0.1, 0.15) is 6.10 Å². The summed E-state index contributed by atoms with van der Waals surface area (Å²) in [6.07, 6.45) is 4.96. The van der Waals surface area contributed by atoms with Crippen LogP contribution in [0.5, 0.6) is 0 Å². The Morgan fingerprint density at radius 2 is 2.08 bits per heavy atom. The van der Waals surface area contributed by atoms with Crippen LogP contribution in [0.2, 0.25) is 0 Å². The van der Waals surface area contributed by atoms with Crippen molar-refractivity contribution in [3.8, 4) is 0 Å². The molecule has 2 saturated heterocycles. The summed E-state index contributed by atoms with van der Waals surface area (Å²) in [5, 5.41) is 0. The minimum atomic E-state index is 0.0987. The number of carbonyl (C=O) groups is 1. The standard InChI is InChI=1S/C11H16O2/c1-6-8-2-7-3-9(5-8)11(12)13-10(6)4-7/h6-10H,2-5H2,1H3/t6-,7?,8?,9?,10?/m0/s1. The van der Waals surface area contributed by atoms with E-state index in [1.54, 1.807) is 0 Å². The van der Waals surface area contributed by atoms with E-state index < -0.39 is 0 Å². The largest absolute Gasteiger partial charge is 0.462 e. The van der Waals surface area contributed by atoms with Crippen LogP contribution in [0.4, 0.5) is 0 Å². The maximum atomic E-state index is 11.6. The van der Waals surface area contributed by atoms with Crippen LogP contribution in [0.15, 0.2) is 0 Å². The van der Waals surface area contributed by atoms with Crippen molar-refractivity contribution in [1.82, 2.24) is 0 Å². The number of fused-ring (bicyclic) bond motifs is 1. The van der Waals surface area contributed by atoms with Crippen LogP contribution >= 0.6 is 0 Å². The van der Waals surface area contributed by atoms with E-state index >= 15 is 0 Å². The molecular formula is C11H16O2. The second-order valence-electron chi connectivity index (χ2n) is 5.10. The van der Waals surface area contributed by atoms with Crippen molar-refractivity contribution in [2.24, 2.45) is 23.7 Å². The molecule has 0 aromatic heterocycles. The molecule has 0 amide bonds. The number of carbonyl (C=O) groups excluding carboxylic acids is 1. The zero-order chi connectivity index (χ0) is 9.00. The third-order valence-electron chi connectivity index (χ3n) is 4.34. The van der Waals surface area contributed by atoms with Crippen LogP contribution in [0.1, 0.15) is 32.6 Å². The minimum absolute atomic E-state index is 0.0987. The minimum Gasteiger partial charge on any atom is -0.462 e. The van der Waals surface area contributed by atoms with E-state index in [1.165, 1.54) is 6.42 Å². The molecule has 4 fully saturated rings. The zero-order valence-electron chi connectivity index (χ0n) is 8.03. The molecule has 0 aromatic rings. The summed E-state index contributed by atoms with van der Waals surface area (Å²) in [4.78, 5) is 11.6. The van der Waals surface area contributed by atoms with Crippen LogP contribution in [0.3, 0.4) is 0 Å². The highest BCUT2D eigenvalue weighted by Gasteiger charge is 2.48. The Morgan fingerprint density at radius 1 is 1.23 bits per heavy atom. The van der Waals surface area contributed by atoms with E-state index in [0.717, 1.165) is 31.1 Å². The third-order valence-corrected chi connectivity index (χ3v) is 4.34. The van der Waals surface area contributed by atoms with Crippen LogP contribution in [-0.2, 0) is 9.53 Å². The highest BCUT2D eigenvalue weighted by Crippen LogP contribution is 2.49. The topological polar surface area (TPSA) is 26.3 Å². The van der Waals surface area contributed by atoms with Gasteiger partial charge in [0.05, 0.1) is 5.92 Å². The Hall–Kier alpha value is -0.530. The highest BCUT2D eigenvalue weighted by molar-refractivity contribution is 5.73. The zero-order valence-corrected chi connectivity index (χ0v) is 8.03. The summed E-state index contributed by atoms with van der Waals surface area (Å²) >= 11 is 0. The molecule has 4 unspecified atom stereocenters. The Labute approximate surface area is 78.6 Å². The molecule has 2 aliphatic heterocycles. The first-order valence-corrected chi connectivity index (χ1v) is 5.44. The van der Waals surface area contributed by atoms with Crippen molar-refractivity contribution in [2.75, 3.05) is 0 Å². The van der Waals surface area contributed by atoms with Crippen molar-refractivity contribution in [3.05, 3.63) is 0 Å². The molecule has 4 rings (SSSR count). The monoisotopic (exact) mass is 180 g/mol. The van der Waals surface area contributed by atoms with Gasteiger partial charge in [-0.25, -0.2) is 0 Å². The molecule has 2 saturated carbocycles. The fourth-order valence-electron chi connectivity index (χ4n) is 3.55. The van der Waals surface area contributed by atoms with E-state index in [0.29, 0.717) is 5.92 Å². The van der Waals surface area contributed by atoms with Gasteiger partial charge in [-0.1, -0.05) is 6.92 Å². The molecule has 0 aromatic carbocycles. The normalized spacial score (nSPS) is 53.3. The van der Waals surface area contributed by atoms with Gasteiger partial charge in [0.15, 0.2) is 0 Å². The SMILES string of the molecule is C[C@H]1C2CC3CC(C2)C(=O)OC1C3. The third kappa shape index (κ3) is 1.04. The fraction of sp³-hybridized carbons (Fsp3) is 0.909. The van der Waals surface area contributed by atoms with Crippen LogP contribution in [-0.4, -0.2) is 12.1 Å². The molecule has 4 bridgehead atoms. The Kier molecular flexibility index (Phi) is 1.50. The molecule has 2 aliphatic carbocycles. The predicted molar refractivity (Wildman–Crippen MR) is 48.0 cm³/mol. The van der Waals surface area contributed by atoms with Gasteiger partial charge in [0.25, 0.3) is 0 Å². The van der Waals surface area contributed by atoms with Gasteiger partial charge in [-0.2, -0.15) is 0 Å². The van der Waals surface area contributed by atoms with Gasteiger partial charge in [-0.05, 0) is 43.4 Å². The second kappa shape index (κ2) is 2.49. The van der Waals surface area contributed by atoms with Gasteiger partial charge in [0, 0.05) is 0 Å². The molecule has 2 nitrogen and oxygen atoms in total. The molecule has 2 heteroatoms. The number of rotatable bonds is 0. The van der Waals surface area contributed by atoms with E-state index in [4.69, 9.17) is 4.74 Å². The van der Waals surface area contributed by atoms with E-state index in [9.17, 15) is 4.79 Å². The number of hydrogen-bond acceptors (Lipinski definition) is 2. The van der Waals surface area contributed by atoms with Crippen molar-refractivity contribution in [1.29, 1.82) is 0 Å². The highest BCUT2D eigenvalue weighted by atomic mass is 16.5. The Balaban J connectivity index is 1.98. The molecule has 4 aliphatic rings. The summed E-state index contributed by atoms with van der Waals surface area (Å²) < 4.78 is 5.51. The first-order chi connectivity index (χ1) is 6.24. The number of hydrogen-bond donors (Lipinski definition) is 0. The average molecular weight is 180 g/mol. The summed E-state index contributed by atoms with van der Waals surface area (Å²) in [5.41, 5.74) is 0. The van der Waals surface area contributed by atoms with Crippen LogP contribution in [0, 0.1) is 23.7 Å². The van der Waals surface area contributed by atoms with Crippen molar-refractivity contribution >= 4 is 5.97 Å². The van der Waals surface area contributed by atoms with Gasteiger partial charge in [-0.15, -0.1) is 0 Å². The van der Waals surface area contributed by atoms with Gasteiger partial charge >= 0.3 is 5.97 Å². The fourth-order valence-corrected chi connectivity index (χ4v) is 3.55. The lowest BCUT2D eigenvalue weighted by Gasteiger charge is -2.40. The lowest BCUT2D eigenvalue weighted by atomic mass is 9.64. The van der Waals surface area contributed by atoms with Crippen LogP contribution < -0.4 is 0 Å². The number of ether oxygens (including phenoxy) is 1. The summed E-state index contributed by atoms with van der Waals surface area (Å²) in [6.45, 7) is 2.26. The molecule has 13 heavy (non-hydrogen) atoms. The van der Waals surface area contributed by atoms with Crippen molar-refractivity contribution < 1.29 is 9.53 Å². The summed E-state index contributed by atoms with van der Waals surface area (Å²) in [5.74, 6) is 2.52. The Bertz CT molecular complexity index is 248. The molecular weight excluding hydrogens is 164 g/mol. The lowest BCUT2D eigenvalue weighted by Crippen LogP contribution is -2.36. The molecule has 5 atom stereocenters. The first kappa shape index (κ1) is 7.84. The predicted octanol–water partition coefficient (Wildman–Crippen LogP) is 1.98. The summed E-state index contributed by atoms with van der Waals surface area (Å²) in [6, 6.07) is 0. The molecule has 2 heterocycles. The van der Waals surface area contributed by atoms with E-state index in [1.807, 2.05) is 0 Å². The maximum Gasteiger partial charge on any atom is 0.309 e. The average Bonchev–Trinajstić information content (AvgIpc) is 2.26. The van der Waals surface area contributed by atoms with E-state index in [2.05, 4.69) is 6.92 Å². The molecule has 0 spiro atoms.